The molecular weight excluding hydrogens is 344 g/mol. The topological polar surface area (TPSA) is 38.1 Å². The number of hydrogen-bond acceptors (Lipinski definition) is 2. The summed E-state index contributed by atoms with van der Waals surface area (Å²) in [5, 5.41) is 9.75. The van der Waals surface area contributed by atoms with Gasteiger partial charge in [-0.1, -0.05) is 91.0 Å². The summed E-state index contributed by atoms with van der Waals surface area (Å²) in [6, 6.07) is 31.6. The number of hydrogen-bond donors (Lipinski definition) is 1. The molecule has 1 heterocycles. The van der Waals surface area contributed by atoms with Crippen molar-refractivity contribution in [2.24, 2.45) is 0 Å². The van der Waals surface area contributed by atoms with Crippen LogP contribution in [0.4, 0.5) is 0 Å². The molecule has 3 heteroatoms. The van der Waals surface area contributed by atoms with E-state index in [1.807, 2.05) is 31.5 Å². The molecule has 0 spiro atoms. The van der Waals surface area contributed by atoms with Crippen LogP contribution in [0.15, 0.2) is 97.3 Å². The summed E-state index contributed by atoms with van der Waals surface area (Å²) >= 11 is 0. The highest BCUT2D eigenvalue weighted by Crippen LogP contribution is 2.39. The van der Waals surface area contributed by atoms with Gasteiger partial charge in [-0.25, -0.2) is 4.98 Å². The summed E-state index contributed by atoms with van der Waals surface area (Å²) in [7, 11) is 0. The van der Waals surface area contributed by atoms with Crippen molar-refractivity contribution in [3.05, 3.63) is 125 Å². The molecule has 0 aliphatic rings. The molecular formula is C25H24N2O. The van der Waals surface area contributed by atoms with Crippen LogP contribution in [-0.4, -0.2) is 14.7 Å². The molecule has 0 radical (unpaired) electrons. The van der Waals surface area contributed by atoms with Crippen molar-refractivity contribution in [3.63, 3.8) is 0 Å². The van der Waals surface area contributed by atoms with Crippen molar-refractivity contribution in [1.82, 2.24) is 9.55 Å². The zero-order valence-corrected chi connectivity index (χ0v) is 16.0. The smallest absolute Gasteiger partial charge is 0.100 e. The van der Waals surface area contributed by atoms with Gasteiger partial charge in [0.1, 0.15) is 5.54 Å². The van der Waals surface area contributed by atoms with Gasteiger partial charge in [0.05, 0.1) is 18.6 Å². The molecule has 0 unspecified atom stereocenters. The lowest BCUT2D eigenvalue weighted by atomic mass is 9.77. The molecule has 3 nitrogen and oxygen atoms in total. The second-order valence-electron chi connectivity index (χ2n) is 7.06. The molecule has 1 N–H and O–H groups in total. The van der Waals surface area contributed by atoms with E-state index in [-0.39, 0.29) is 6.61 Å². The minimum atomic E-state index is -0.464. The Labute approximate surface area is 165 Å². The molecule has 0 amide bonds. The van der Waals surface area contributed by atoms with E-state index in [1.54, 1.807) is 0 Å². The van der Waals surface area contributed by atoms with Gasteiger partial charge >= 0.3 is 0 Å². The van der Waals surface area contributed by atoms with E-state index >= 15 is 0 Å². The number of nitrogens with zero attached hydrogens (tertiary/aromatic N) is 2. The predicted molar refractivity (Wildman–Crippen MR) is 112 cm³/mol. The first-order chi connectivity index (χ1) is 13.8. The monoisotopic (exact) mass is 368 g/mol. The minimum absolute atomic E-state index is 0.0656. The van der Waals surface area contributed by atoms with Crippen LogP contribution < -0.4 is 0 Å². The fourth-order valence-electron chi connectivity index (χ4n) is 4.04. The zero-order chi connectivity index (χ0) is 19.4. The van der Waals surface area contributed by atoms with Gasteiger partial charge < -0.3 is 9.67 Å². The predicted octanol–water partition coefficient (Wildman–Crippen LogP) is 4.72. The number of aliphatic hydroxyl groups excluding tert-OH is 1. The molecule has 0 saturated heterocycles. The van der Waals surface area contributed by atoms with E-state index in [1.165, 1.54) is 16.7 Å². The standard InChI is InChI=1S/C25H24N2O/c1-20-24(18-28)26-19-27(20)25(22-13-7-3-8-14-22,23-15-9-4-10-16-23)17-21-11-5-2-6-12-21/h2-16,19,28H,17-18H2,1H3. The van der Waals surface area contributed by atoms with Gasteiger partial charge in [0.2, 0.25) is 0 Å². The van der Waals surface area contributed by atoms with Gasteiger partial charge in [-0.3, -0.25) is 0 Å². The molecule has 0 atom stereocenters. The fourth-order valence-corrected chi connectivity index (χ4v) is 4.04. The Morgan fingerprint density at radius 3 is 1.75 bits per heavy atom. The van der Waals surface area contributed by atoms with Crippen LogP contribution in [0.2, 0.25) is 0 Å². The Hall–Kier alpha value is -3.17. The maximum absolute atomic E-state index is 9.75. The van der Waals surface area contributed by atoms with Crippen LogP contribution in [0.25, 0.3) is 0 Å². The normalized spacial score (nSPS) is 11.5. The molecule has 4 aromatic rings. The van der Waals surface area contributed by atoms with E-state index in [9.17, 15) is 5.11 Å². The summed E-state index contributed by atoms with van der Waals surface area (Å²) in [4.78, 5) is 4.51. The summed E-state index contributed by atoms with van der Waals surface area (Å²) in [6.07, 6.45) is 2.65. The number of rotatable bonds is 6. The average Bonchev–Trinajstić information content (AvgIpc) is 3.15. The highest BCUT2D eigenvalue weighted by molar-refractivity contribution is 5.43. The maximum atomic E-state index is 9.75. The third kappa shape index (κ3) is 3.14. The number of aliphatic hydroxyl groups is 1. The lowest BCUT2D eigenvalue weighted by molar-refractivity contribution is 0.276. The molecule has 0 fully saturated rings. The van der Waals surface area contributed by atoms with E-state index in [4.69, 9.17) is 0 Å². The van der Waals surface area contributed by atoms with Crippen molar-refractivity contribution >= 4 is 0 Å². The highest BCUT2D eigenvalue weighted by Gasteiger charge is 2.37. The molecule has 28 heavy (non-hydrogen) atoms. The molecule has 0 bridgehead atoms. The van der Waals surface area contributed by atoms with E-state index in [0.29, 0.717) is 5.69 Å². The van der Waals surface area contributed by atoms with Crippen LogP contribution in [0.1, 0.15) is 28.1 Å². The molecule has 1 aromatic heterocycles. The maximum Gasteiger partial charge on any atom is 0.100 e. The van der Waals surface area contributed by atoms with Crippen LogP contribution in [-0.2, 0) is 18.6 Å². The van der Waals surface area contributed by atoms with Crippen LogP contribution in [0.5, 0.6) is 0 Å². The van der Waals surface area contributed by atoms with Gasteiger partial charge in [0.15, 0.2) is 0 Å². The first-order valence-electron chi connectivity index (χ1n) is 9.55. The first-order valence-corrected chi connectivity index (χ1v) is 9.55. The van der Waals surface area contributed by atoms with Crippen molar-refractivity contribution in [2.75, 3.05) is 0 Å². The highest BCUT2D eigenvalue weighted by atomic mass is 16.3. The van der Waals surface area contributed by atoms with Crippen molar-refractivity contribution in [3.8, 4) is 0 Å². The van der Waals surface area contributed by atoms with E-state index < -0.39 is 5.54 Å². The average molecular weight is 368 g/mol. The number of imidazole rings is 1. The van der Waals surface area contributed by atoms with Crippen LogP contribution in [0, 0.1) is 6.92 Å². The van der Waals surface area contributed by atoms with Crippen molar-refractivity contribution < 1.29 is 5.11 Å². The minimum Gasteiger partial charge on any atom is -0.390 e. The van der Waals surface area contributed by atoms with E-state index in [0.717, 1.165) is 12.1 Å². The Morgan fingerprint density at radius 2 is 1.29 bits per heavy atom. The molecule has 0 saturated carbocycles. The molecule has 4 rings (SSSR count). The van der Waals surface area contributed by atoms with Gasteiger partial charge in [0, 0.05) is 12.1 Å². The summed E-state index contributed by atoms with van der Waals surface area (Å²) in [6.45, 7) is 1.97. The first kappa shape index (κ1) is 18.2. The Kier molecular flexibility index (Phi) is 5.09. The summed E-state index contributed by atoms with van der Waals surface area (Å²) in [5.74, 6) is 0. The third-order valence-electron chi connectivity index (χ3n) is 5.47. The van der Waals surface area contributed by atoms with Gasteiger partial charge in [-0.2, -0.15) is 0 Å². The van der Waals surface area contributed by atoms with Gasteiger partial charge in [-0.05, 0) is 23.6 Å². The van der Waals surface area contributed by atoms with Crippen molar-refractivity contribution in [1.29, 1.82) is 0 Å². The van der Waals surface area contributed by atoms with Crippen LogP contribution in [0.3, 0.4) is 0 Å². The SMILES string of the molecule is Cc1c(CO)ncn1C(Cc1ccccc1)(c1ccccc1)c1ccccc1. The second kappa shape index (κ2) is 7.83. The Bertz CT molecular complexity index is 985. The zero-order valence-electron chi connectivity index (χ0n) is 16.0. The summed E-state index contributed by atoms with van der Waals surface area (Å²) in [5.41, 5.74) is 4.85. The lowest BCUT2D eigenvalue weighted by Gasteiger charge is -2.38. The fraction of sp³-hybridized carbons (Fsp3) is 0.160. The number of benzene rings is 3. The van der Waals surface area contributed by atoms with Crippen LogP contribution >= 0.6 is 0 Å². The van der Waals surface area contributed by atoms with Gasteiger partial charge in [0.25, 0.3) is 0 Å². The lowest BCUT2D eigenvalue weighted by Crippen LogP contribution is -2.39. The Balaban J connectivity index is 2.03. The number of aromatic nitrogens is 2. The molecule has 0 aliphatic carbocycles. The Morgan fingerprint density at radius 1 is 0.786 bits per heavy atom. The molecule has 3 aromatic carbocycles. The van der Waals surface area contributed by atoms with E-state index in [2.05, 4.69) is 82.3 Å². The van der Waals surface area contributed by atoms with Crippen molar-refractivity contribution in [2.45, 2.75) is 25.5 Å². The summed E-state index contributed by atoms with van der Waals surface area (Å²) < 4.78 is 2.22. The molecule has 140 valence electrons. The second-order valence-corrected chi connectivity index (χ2v) is 7.06. The third-order valence-corrected chi connectivity index (χ3v) is 5.47. The quantitative estimate of drug-likeness (QED) is 0.535. The van der Waals surface area contributed by atoms with Gasteiger partial charge in [-0.15, -0.1) is 0 Å². The molecule has 0 aliphatic heterocycles. The largest absolute Gasteiger partial charge is 0.390 e.